The van der Waals surface area contributed by atoms with Gasteiger partial charge in [0.15, 0.2) is 0 Å². The first kappa shape index (κ1) is 13.5. The molecule has 1 aliphatic rings. The smallest absolute Gasteiger partial charge is 0.308 e. The number of hydrogen-bond donors (Lipinski definition) is 1. The first-order valence-electron chi connectivity index (χ1n) is 6.22. The number of likely N-dealkylation sites (tertiary alicyclic amines) is 1. The van der Waals surface area contributed by atoms with Crippen LogP contribution in [0.1, 0.15) is 12.5 Å². The van der Waals surface area contributed by atoms with Crippen LogP contribution in [0.4, 0.5) is 4.39 Å². The van der Waals surface area contributed by atoms with Crippen LogP contribution in [0, 0.1) is 17.7 Å². The summed E-state index contributed by atoms with van der Waals surface area (Å²) in [6.07, 6.45) is 0.180. The molecule has 1 aromatic carbocycles. The van der Waals surface area contributed by atoms with Crippen molar-refractivity contribution in [3.05, 3.63) is 35.6 Å². The molecule has 0 bridgehead atoms. The summed E-state index contributed by atoms with van der Waals surface area (Å²) in [5, 5.41) is 9.02. The van der Waals surface area contributed by atoms with Gasteiger partial charge in [0.2, 0.25) is 5.91 Å². The van der Waals surface area contributed by atoms with Crippen molar-refractivity contribution in [1.82, 2.24) is 4.90 Å². The second kappa shape index (κ2) is 5.38. The number of carboxylic acid groups (broad SMARTS) is 1. The second-order valence-electron chi connectivity index (χ2n) is 5.02. The lowest BCUT2D eigenvalue weighted by Crippen LogP contribution is -2.31. The van der Waals surface area contributed by atoms with Crippen LogP contribution in [0.25, 0.3) is 0 Å². The molecule has 1 aromatic rings. The van der Waals surface area contributed by atoms with E-state index in [1.165, 1.54) is 12.1 Å². The van der Waals surface area contributed by atoms with Gasteiger partial charge in [-0.05, 0) is 23.6 Å². The van der Waals surface area contributed by atoms with Crippen LogP contribution in [-0.4, -0.2) is 35.0 Å². The van der Waals surface area contributed by atoms with Gasteiger partial charge in [0.05, 0.1) is 12.3 Å². The zero-order valence-corrected chi connectivity index (χ0v) is 10.7. The largest absolute Gasteiger partial charge is 0.481 e. The van der Waals surface area contributed by atoms with Crippen LogP contribution in [-0.2, 0) is 16.0 Å². The van der Waals surface area contributed by atoms with Crippen molar-refractivity contribution >= 4 is 11.9 Å². The minimum atomic E-state index is -0.857. The summed E-state index contributed by atoms with van der Waals surface area (Å²) in [5.41, 5.74) is 0.734. The molecular weight excluding hydrogens is 249 g/mol. The minimum Gasteiger partial charge on any atom is -0.481 e. The van der Waals surface area contributed by atoms with Crippen LogP contribution in [0.3, 0.4) is 0 Å². The fourth-order valence-corrected chi connectivity index (χ4v) is 2.38. The topological polar surface area (TPSA) is 57.6 Å². The third kappa shape index (κ3) is 3.10. The van der Waals surface area contributed by atoms with Crippen LogP contribution >= 0.6 is 0 Å². The zero-order valence-electron chi connectivity index (χ0n) is 10.7. The number of carboxylic acids is 1. The van der Waals surface area contributed by atoms with E-state index in [-0.39, 0.29) is 30.6 Å². The van der Waals surface area contributed by atoms with E-state index in [1.807, 2.05) is 6.92 Å². The molecule has 1 saturated heterocycles. The normalized spacial score (nSPS) is 22.5. The molecule has 102 valence electrons. The lowest BCUT2D eigenvalue weighted by atomic mass is 9.99. The Balaban J connectivity index is 1.98. The number of aliphatic carboxylic acids is 1. The Labute approximate surface area is 110 Å². The van der Waals surface area contributed by atoms with Gasteiger partial charge in [0.25, 0.3) is 0 Å². The highest BCUT2D eigenvalue weighted by Crippen LogP contribution is 2.23. The lowest BCUT2D eigenvalue weighted by molar-refractivity contribution is -0.142. The van der Waals surface area contributed by atoms with Crippen LogP contribution in [0.2, 0.25) is 0 Å². The van der Waals surface area contributed by atoms with Crippen molar-refractivity contribution in [1.29, 1.82) is 0 Å². The van der Waals surface area contributed by atoms with E-state index in [4.69, 9.17) is 5.11 Å². The number of carbonyl (C=O) groups is 2. The fraction of sp³-hybridized carbons (Fsp3) is 0.429. The van der Waals surface area contributed by atoms with Gasteiger partial charge in [-0.3, -0.25) is 9.59 Å². The number of hydrogen-bond acceptors (Lipinski definition) is 2. The third-order valence-corrected chi connectivity index (χ3v) is 3.55. The van der Waals surface area contributed by atoms with E-state index in [9.17, 15) is 14.0 Å². The number of halogens is 1. The highest BCUT2D eigenvalue weighted by Gasteiger charge is 2.36. The SMILES string of the molecule is CC1CN(C(=O)Cc2ccc(F)cc2)CC1C(=O)O. The first-order chi connectivity index (χ1) is 8.97. The molecule has 1 N–H and O–H groups in total. The second-order valence-corrected chi connectivity index (χ2v) is 5.02. The summed E-state index contributed by atoms with van der Waals surface area (Å²) in [4.78, 5) is 24.6. The van der Waals surface area contributed by atoms with Crippen LogP contribution < -0.4 is 0 Å². The molecule has 0 aromatic heterocycles. The zero-order chi connectivity index (χ0) is 14.0. The number of rotatable bonds is 3. The molecule has 1 heterocycles. The van der Waals surface area contributed by atoms with Crippen molar-refractivity contribution in [2.75, 3.05) is 13.1 Å². The first-order valence-corrected chi connectivity index (χ1v) is 6.22. The van der Waals surface area contributed by atoms with Crippen molar-refractivity contribution < 1.29 is 19.1 Å². The van der Waals surface area contributed by atoms with Crippen molar-refractivity contribution in [3.8, 4) is 0 Å². The quantitative estimate of drug-likeness (QED) is 0.902. The Morgan fingerprint density at radius 3 is 2.47 bits per heavy atom. The molecule has 2 unspecified atom stereocenters. The highest BCUT2D eigenvalue weighted by atomic mass is 19.1. The van der Waals surface area contributed by atoms with Gasteiger partial charge in [-0.25, -0.2) is 4.39 Å². The summed E-state index contributed by atoms with van der Waals surface area (Å²) >= 11 is 0. The van der Waals surface area contributed by atoms with Gasteiger partial charge in [0, 0.05) is 13.1 Å². The predicted octanol–water partition coefficient (Wildman–Crippen LogP) is 1.55. The standard InChI is InChI=1S/C14H16FNO3/c1-9-7-16(8-12(9)14(18)19)13(17)6-10-2-4-11(15)5-3-10/h2-5,9,12H,6-8H2,1H3,(H,18,19). The third-order valence-electron chi connectivity index (χ3n) is 3.55. The maximum atomic E-state index is 12.8. The van der Waals surface area contributed by atoms with E-state index in [0.29, 0.717) is 6.54 Å². The van der Waals surface area contributed by atoms with Crippen molar-refractivity contribution in [3.63, 3.8) is 0 Å². The van der Waals surface area contributed by atoms with Crippen LogP contribution in [0.5, 0.6) is 0 Å². The number of amides is 1. The molecule has 19 heavy (non-hydrogen) atoms. The summed E-state index contributed by atoms with van der Waals surface area (Å²) in [6, 6.07) is 5.77. The maximum Gasteiger partial charge on any atom is 0.308 e. The average Bonchev–Trinajstić information content (AvgIpc) is 2.74. The molecule has 0 saturated carbocycles. The van der Waals surface area contributed by atoms with E-state index in [1.54, 1.807) is 17.0 Å². The van der Waals surface area contributed by atoms with Crippen molar-refractivity contribution in [2.24, 2.45) is 11.8 Å². The van der Waals surface area contributed by atoms with Crippen LogP contribution in [0.15, 0.2) is 24.3 Å². The van der Waals surface area contributed by atoms with Gasteiger partial charge >= 0.3 is 5.97 Å². The maximum absolute atomic E-state index is 12.8. The molecule has 4 nitrogen and oxygen atoms in total. The molecule has 2 atom stereocenters. The van der Waals surface area contributed by atoms with Gasteiger partial charge in [-0.2, -0.15) is 0 Å². The Hall–Kier alpha value is -1.91. The Kier molecular flexibility index (Phi) is 3.83. The van der Waals surface area contributed by atoms with E-state index < -0.39 is 11.9 Å². The lowest BCUT2D eigenvalue weighted by Gasteiger charge is -2.15. The monoisotopic (exact) mass is 265 g/mol. The summed E-state index contributed by atoms with van der Waals surface area (Å²) in [7, 11) is 0. The minimum absolute atomic E-state index is 0.0327. The average molecular weight is 265 g/mol. The van der Waals surface area contributed by atoms with Gasteiger partial charge in [-0.15, -0.1) is 0 Å². The fourth-order valence-electron chi connectivity index (χ4n) is 2.38. The number of benzene rings is 1. The van der Waals surface area contributed by atoms with Gasteiger partial charge in [0.1, 0.15) is 5.82 Å². The molecule has 1 fully saturated rings. The molecule has 5 heteroatoms. The molecule has 0 aliphatic carbocycles. The van der Waals surface area contributed by atoms with Crippen molar-refractivity contribution in [2.45, 2.75) is 13.3 Å². The Bertz CT molecular complexity index is 486. The summed E-state index contributed by atoms with van der Waals surface area (Å²) in [6.45, 7) is 2.57. The highest BCUT2D eigenvalue weighted by molar-refractivity contribution is 5.80. The molecule has 0 radical (unpaired) electrons. The van der Waals surface area contributed by atoms with E-state index >= 15 is 0 Å². The van der Waals surface area contributed by atoms with Gasteiger partial charge < -0.3 is 10.0 Å². The van der Waals surface area contributed by atoms with E-state index in [2.05, 4.69) is 0 Å². The summed E-state index contributed by atoms with van der Waals surface area (Å²) in [5.74, 6) is -1.82. The molecule has 2 rings (SSSR count). The number of nitrogens with zero attached hydrogens (tertiary/aromatic N) is 1. The molecule has 0 spiro atoms. The Morgan fingerprint density at radius 2 is 1.95 bits per heavy atom. The predicted molar refractivity (Wildman–Crippen MR) is 67.0 cm³/mol. The van der Waals surface area contributed by atoms with E-state index in [0.717, 1.165) is 5.56 Å². The molecule has 1 aliphatic heterocycles. The molecular formula is C14H16FNO3. The summed E-state index contributed by atoms with van der Waals surface area (Å²) < 4.78 is 12.8. The van der Waals surface area contributed by atoms with Gasteiger partial charge in [-0.1, -0.05) is 19.1 Å². The Morgan fingerprint density at radius 1 is 1.32 bits per heavy atom. The molecule has 1 amide bonds. The number of carbonyl (C=O) groups excluding carboxylic acids is 1.